The van der Waals surface area contributed by atoms with Gasteiger partial charge in [0.05, 0.1) is 26.8 Å². The SMILES string of the molecule is N#C/C(=C/c1ccc(Sc2nc(-c3ccccc3)cc(-c3ccccc3)n2)c([N+](=O)[O-])c1)C(=O)Nc1sc2c(c1C#N)CCCC2. The van der Waals surface area contributed by atoms with E-state index in [4.69, 9.17) is 9.97 Å². The number of nitro groups is 1. The first-order chi connectivity index (χ1) is 22.4. The number of thiophene rings is 1. The number of hydrogen-bond donors (Lipinski definition) is 1. The summed E-state index contributed by atoms with van der Waals surface area (Å²) in [5.41, 5.74) is 4.37. The summed E-state index contributed by atoms with van der Waals surface area (Å²) in [5, 5.41) is 35.2. The number of benzene rings is 3. The number of amides is 1. The lowest BCUT2D eigenvalue weighted by Gasteiger charge is -2.09. The van der Waals surface area contributed by atoms with Gasteiger partial charge in [0, 0.05) is 22.1 Å². The summed E-state index contributed by atoms with van der Waals surface area (Å²) in [6, 6.07) is 29.7. The zero-order chi connectivity index (χ0) is 32.0. The number of nitro benzene ring substituents is 1. The molecule has 0 bridgehead atoms. The Kier molecular flexibility index (Phi) is 8.97. The predicted molar refractivity (Wildman–Crippen MR) is 178 cm³/mol. The summed E-state index contributed by atoms with van der Waals surface area (Å²) in [5.74, 6) is -0.682. The van der Waals surface area contributed by atoms with Crippen molar-refractivity contribution in [2.45, 2.75) is 35.7 Å². The van der Waals surface area contributed by atoms with Crippen LogP contribution in [0.1, 0.15) is 34.4 Å². The van der Waals surface area contributed by atoms with Crippen molar-refractivity contribution in [2.75, 3.05) is 5.32 Å². The van der Waals surface area contributed by atoms with Crippen LogP contribution in [0.15, 0.2) is 101 Å². The molecule has 3 aromatic carbocycles. The Morgan fingerprint density at radius 1 is 0.935 bits per heavy atom. The molecule has 2 heterocycles. The number of fused-ring (bicyclic) bond motifs is 1. The minimum absolute atomic E-state index is 0.218. The number of carbonyl (C=O) groups is 1. The number of rotatable bonds is 8. The Hall–Kier alpha value is -5.62. The summed E-state index contributed by atoms with van der Waals surface area (Å²) in [4.78, 5) is 35.6. The van der Waals surface area contributed by atoms with Crippen molar-refractivity contribution in [3.63, 3.8) is 0 Å². The van der Waals surface area contributed by atoms with Gasteiger partial charge >= 0.3 is 0 Å². The minimum atomic E-state index is -0.682. The average Bonchev–Trinajstić information content (AvgIpc) is 3.45. The first-order valence-corrected chi connectivity index (χ1v) is 16.0. The molecular weight excluding hydrogens is 617 g/mol. The molecule has 11 heteroatoms. The fourth-order valence-corrected chi connectivity index (χ4v) is 7.29. The molecule has 1 N–H and O–H groups in total. The molecule has 0 spiro atoms. The summed E-state index contributed by atoms with van der Waals surface area (Å²) in [6.45, 7) is 0. The van der Waals surface area contributed by atoms with E-state index in [1.807, 2.05) is 72.8 Å². The van der Waals surface area contributed by atoms with Crippen LogP contribution < -0.4 is 5.32 Å². The van der Waals surface area contributed by atoms with Gasteiger partial charge in [0.15, 0.2) is 5.16 Å². The minimum Gasteiger partial charge on any atom is -0.312 e. The number of nitriles is 2. The van der Waals surface area contributed by atoms with Crippen LogP contribution >= 0.6 is 23.1 Å². The number of hydrogen-bond acceptors (Lipinski definition) is 9. The second kappa shape index (κ2) is 13.6. The van der Waals surface area contributed by atoms with Crippen molar-refractivity contribution >= 4 is 45.8 Å². The summed E-state index contributed by atoms with van der Waals surface area (Å²) in [7, 11) is 0. The van der Waals surface area contributed by atoms with E-state index in [2.05, 4.69) is 11.4 Å². The zero-order valence-electron chi connectivity index (χ0n) is 24.3. The van der Waals surface area contributed by atoms with E-state index in [1.165, 1.54) is 23.5 Å². The molecular formula is C35H24N6O3S2. The molecule has 9 nitrogen and oxygen atoms in total. The highest BCUT2D eigenvalue weighted by Crippen LogP contribution is 2.39. The van der Waals surface area contributed by atoms with Gasteiger partial charge in [-0.05, 0) is 66.8 Å². The van der Waals surface area contributed by atoms with Crippen LogP contribution in [0.2, 0.25) is 0 Å². The van der Waals surface area contributed by atoms with Gasteiger partial charge in [-0.15, -0.1) is 11.3 Å². The molecule has 1 amide bonds. The molecule has 0 aliphatic heterocycles. The van der Waals surface area contributed by atoms with Gasteiger partial charge in [0.2, 0.25) is 0 Å². The van der Waals surface area contributed by atoms with Crippen LogP contribution in [-0.2, 0) is 17.6 Å². The lowest BCUT2D eigenvalue weighted by molar-refractivity contribution is -0.387. The normalized spacial score (nSPS) is 12.4. The van der Waals surface area contributed by atoms with Crippen molar-refractivity contribution in [3.05, 3.63) is 122 Å². The van der Waals surface area contributed by atoms with Crippen LogP contribution in [0.4, 0.5) is 10.7 Å². The molecule has 0 saturated carbocycles. The standard InChI is InChI=1S/C35H24N6O3S2/c36-20-25(33(42)40-34-27(21-37)26-13-7-8-14-31(26)45-34)17-22-15-16-32(30(18-22)41(43)44)46-35-38-28(23-9-3-1-4-10-23)19-29(39-35)24-11-5-2-6-12-24/h1-6,9-12,15-19H,7-8,13-14H2,(H,40,42)/b25-17-. The molecule has 46 heavy (non-hydrogen) atoms. The Bertz CT molecular complexity index is 2020. The van der Waals surface area contributed by atoms with Crippen LogP contribution in [0.5, 0.6) is 0 Å². The molecule has 0 fully saturated rings. The van der Waals surface area contributed by atoms with Crippen LogP contribution in [-0.4, -0.2) is 20.8 Å². The van der Waals surface area contributed by atoms with E-state index in [-0.39, 0.29) is 11.3 Å². The van der Waals surface area contributed by atoms with Gasteiger partial charge in [-0.3, -0.25) is 14.9 Å². The third kappa shape index (κ3) is 6.57. The van der Waals surface area contributed by atoms with Gasteiger partial charge in [-0.1, -0.05) is 66.7 Å². The average molecular weight is 641 g/mol. The highest BCUT2D eigenvalue weighted by atomic mass is 32.2. The van der Waals surface area contributed by atoms with Gasteiger partial charge in [0.25, 0.3) is 11.6 Å². The van der Waals surface area contributed by atoms with Crippen molar-refractivity contribution in [1.82, 2.24) is 9.97 Å². The molecule has 1 aliphatic rings. The first-order valence-electron chi connectivity index (χ1n) is 14.4. The van der Waals surface area contributed by atoms with Gasteiger partial charge in [-0.25, -0.2) is 9.97 Å². The lowest BCUT2D eigenvalue weighted by atomic mass is 9.96. The second-order valence-corrected chi connectivity index (χ2v) is 12.5. The maximum absolute atomic E-state index is 13.1. The Morgan fingerprint density at radius 2 is 1.59 bits per heavy atom. The van der Waals surface area contributed by atoms with Crippen molar-refractivity contribution < 1.29 is 9.72 Å². The molecule has 224 valence electrons. The van der Waals surface area contributed by atoms with Gasteiger partial charge in [-0.2, -0.15) is 10.5 Å². The third-order valence-electron chi connectivity index (χ3n) is 7.41. The van der Waals surface area contributed by atoms with E-state index >= 15 is 0 Å². The molecule has 0 saturated heterocycles. The Balaban J connectivity index is 1.30. The number of aryl methyl sites for hydroxylation is 1. The summed E-state index contributed by atoms with van der Waals surface area (Å²) < 4.78 is 0. The van der Waals surface area contributed by atoms with Crippen molar-refractivity contribution in [3.8, 4) is 34.7 Å². The lowest BCUT2D eigenvalue weighted by Crippen LogP contribution is -2.13. The Morgan fingerprint density at radius 3 is 2.20 bits per heavy atom. The molecule has 1 aliphatic carbocycles. The molecule has 5 aromatic rings. The third-order valence-corrected chi connectivity index (χ3v) is 9.55. The van der Waals surface area contributed by atoms with Gasteiger partial charge in [0.1, 0.15) is 22.7 Å². The largest absolute Gasteiger partial charge is 0.312 e. The van der Waals surface area contributed by atoms with Crippen molar-refractivity contribution in [2.24, 2.45) is 0 Å². The highest BCUT2D eigenvalue weighted by Gasteiger charge is 2.23. The first kappa shape index (κ1) is 30.4. The van der Waals surface area contributed by atoms with E-state index in [9.17, 15) is 25.4 Å². The van der Waals surface area contributed by atoms with E-state index in [0.29, 0.717) is 37.6 Å². The summed E-state index contributed by atoms with van der Waals surface area (Å²) >= 11 is 2.42. The molecule has 6 rings (SSSR count). The number of nitrogens with zero attached hydrogens (tertiary/aromatic N) is 5. The monoisotopic (exact) mass is 640 g/mol. The summed E-state index contributed by atoms with van der Waals surface area (Å²) in [6.07, 6.45) is 4.96. The Labute approximate surface area is 273 Å². The number of carbonyl (C=O) groups excluding carboxylic acids is 1. The molecule has 0 atom stereocenters. The van der Waals surface area contributed by atoms with Crippen LogP contribution in [0.3, 0.4) is 0 Å². The maximum atomic E-state index is 13.1. The van der Waals surface area contributed by atoms with E-state index in [1.54, 1.807) is 12.1 Å². The van der Waals surface area contributed by atoms with Gasteiger partial charge < -0.3 is 5.32 Å². The smallest absolute Gasteiger partial charge is 0.283 e. The second-order valence-electron chi connectivity index (χ2n) is 10.4. The molecule has 2 aromatic heterocycles. The predicted octanol–water partition coefficient (Wildman–Crippen LogP) is 8.23. The molecule has 0 radical (unpaired) electrons. The van der Waals surface area contributed by atoms with Crippen LogP contribution in [0.25, 0.3) is 28.6 Å². The molecule has 0 unspecified atom stereocenters. The fraction of sp³-hybridized carbons (Fsp3) is 0.114. The number of anilines is 1. The topological polar surface area (TPSA) is 146 Å². The number of nitrogens with one attached hydrogen (secondary N) is 1. The zero-order valence-corrected chi connectivity index (χ0v) is 25.9. The highest BCUT2D eigenvalue weighted by molar-refractivity contribution is 7.99. The fourth-order valence-electron chi connectivity index (χ4n) is 5.19. The van der Waals surface area contributed by atoms with E-state index in [0.717, 1.165) is 59.0 Å². The quantitative estimate of drug-likeness (QED) is 0.0587. The van der Waals surface area contributed by atoms with E-state index < -0.39 is 10.8 Å². The number of aromatic nitrogens is 2. The van der Waals surface area contributed by atoms with Crippen LogP contribution in [0, 0.1) is 32.8 Å². The van der Waals surface area contributed by atoms with Crippen molar-refractivity contribution in [1.29, 1.82) is 10.5 Å². The maximum Gasteiger partial charge on any atom is 0.283 e.